The van der Waals surface area contributed by atoms with Crippen LogP contribution in [0.2, 0.25) is 15.1 Å². The van der Waals surface area contributed by atoms with E-state index in [2.05, 4.69) is 10.5 Å². The van der Waals surface area contributed by atoms with E-state index >= 15 is 0 Å². The Hall–Kier alpha value is -1.22. The minimum atomic E-state index is 0.0745. The van der Waals surface area contributed by atoms with Gasteiger partial charge < -0.3 is 5.43 Å². The minimum Gasteiger partial charge on any atom is -0.302 e. The van der Waals surface area contributed by atoms with Gasteiger partial charge in [0.1, 0.15) is 0 Å². The zero-order valence-corrected chi connectivity index (χ0v) is 12.7. The SMILES string of the molecule is Clc1ccc(C2=NNC(c3ccc(Cl)cc3Cl)C2)cc1. The molecule has 0 radical (unpaired) electrons. The van der Waals surface area contributed by atoms with Crippen LogP contribution in [0.25, 0.3) is 0 Å². The molecule has 1 heterocycles. The Balaban J connectivity index is 1.80. The smallest absolute Gasteiger partial charge is 0.0760 e. The Bertz CT molecular complexity index is 665. The molecule has 0 saturated heterocycles. The number of hydrazone groups is 1. The van der Waals surface area contributed by atoms with Crippen LogP contribution >= 0.6 is 34.8 Å². The summed E-state index contributed by atoms with van der Waals surface area (Å²) in [5, 5.41) is 6.40. The summed E-state index contributed by atoms with van der Waals surface area (Å²) in [7, 11) is 0. The van der Waals surface area contributed by atoms with Crippen molar-refractivity contribution in [2.24, 2.45) is 5.10 Å². The number of rotatable bonds is 2. The lowest BCUT2D eigenvalue weighted by atomic mass is 9.99. The zero-order valence-electron chi connectivity index (χ0n) is 10.4. The Morgan fingerprint density at radius 3 is 2.35 bits per heavy atom. The lowest BCUT2D eigenvalue weighted by Gasteiger charge is -2.12. The Morgan fingerprint density at radius 2 is 1.65 bits per heavy atom. The van der Waals surface area contributed by atoms with E-state index in [1.165, 1.54) is 0 Å². The molecule has 0 bridgehead atoms. The fraction of sp³-hybridized carbons (Fsp3) is 0.133. The summed E-state index contributed by atoms with van der Waals surface area (Å²) in [5.74, 6) is 0. The second kappa shape index (κ2) is 5.65. The summed E-state index contributed by atoms with van der Waals surface area (Å²) >= 11 is 18.0. The van der Waals surface area contributed by atoms with E-state index in [0.717, 1.165) is 28.3 Å². The van der Waals surface area contributed by atoms with E-state index in [-0.39, 0.29) is 6.04 Å². The van der Waals surface area contributed by atoms with Gasteiger partial charge in [0.25, 0.3) is 0 Å². The van der Waals surface area contributed by atoms with Crippen molar-refractivity contribution in [3.8, 4) is 0 Å². The van der Waals surface area contributed by atoms with Crippen LogP contribution in [0.5, 0.6) is 0 Å². The van der Waals surface area contributed by atoms with Gasteiger partial charge >= 0.3 is 0 Å². The van der Waals surface area contributed by atoms with Gasteiger partial charge in [0.15, 0.2) is 0 Å². The van der Waals surface area contributed by atoms with Crippen molar-refractivity contribution in [2.75, 3.05) is 0 Å². The summed E-state index contributed by atoms with van der Waals surface area (Å²) in [6.45, 7) is 0. The molecule has 2 aromatic carbocycles. The molecule has 5 heteroatoms. The first-order valence-corrected chi connectivity index (χ1v) is 7.30. The highest BCUT2D eigenvalue weighted by Crippen LogP contribution is 2.31. The molecule has 0 saturated carbocycles. The Morgan fingerprint density at radius 1 is 0.950 bits per heavy atom. The maximum atomic E-state index is 6.23. The number of benzene rings is 2. The van der Waals surface area contributed by atoms with Crippen LogP contribution in [0.3, 0.4) is 0 Å². The average Bonchev–Trinajstić information content (AvgIpc) is 2.89. The highest BCUT2D eigenvalue weighted by atomic mass is 35.5. The Kier molecular flexibility index (Phi) is 3.88. The second-order valence-electron chi connectivity index (χ2n) is 4.62. The third-order valence-electron chi connectivity index (χ3n) is 3.27. The molecule has 0 amide bonds. The first kappa shape index (κ1) is 13.7. The average molecular weight is 326 g/mol. The molecule has 0 aromatic heterocycles. The third kappa shape index (κ3) is 2.78. The van der Waals surface area contributed by atoms with E-state index in [4.69, 9.17) is 34.8 Å². The lowest BCUT2D eigenvalue weighted by Crippen LogP contribution is -2.10. The van der Waals surface area contributed by atoms with Gasteiger partial charge in [-0.15, -0.1) is 0 Å². The number of nitrogens with zero attached hydrogens (tertiary/aromatic N) is 1. The molecule has 1 N–H and O–H groups in total. The molecular weight excluding hydrogens is 315 g/mol. The number of nitrogens with one attached hydrogen (secondary N) is 1. The van der Waals surface area contributed by atoms with Crippen molar-refractivity contribution in [1.82, 2.24) is 5.43 Å². The zero-order chi connectivity index (χ0) is 14.1. The van der Waals surface area contributed by atoms with Crippen molar-refractivity contribution >= 4 is 40.5 Å². The van der Waals surface area contributed by atoms with Crippen LogP contribution in [0.4, 0.5) is 0 Å². The molecule has 0 fully saturated rings. The molecule has 1 aliphatic heterocycles. The molecule has 0 spiro atoms. The van der Waals surface area contributed by atoms with Crippen molar-refractivity contribution in [3.05, 3.63) is 68.7 Å². The van der Waals surface area contributed by atoms with Gasteiger partial charge in [-0.3, -0.25) is 0 Å². The van der Waals surface area contributed by atoms with Gasteiger partial charge in [-0.2, -0.15) is 5.10 Å². The standard InChI is InChI=1S/C15H11Cl3N2/c16-10-3-1-9(2-4-10)14-8-15(20-19-14)12-6-5-11(17)7-13(12)18/h1-7,15,20H,8H2. The van der Waals surface area contributed by atoms with Gasteiger partial charge in [0, 0.05) is 21.5 Å². The predicted molar refractivity (Wildman–Crippen MR) is 84.9 cm³/mol. The molecule has 0 aliphatic carbocycles. The summed E-state index contributed by atoms with van der Waals surface area (Å²) in [5.41, 5.74) is 6.19. The topological polar surface area (TPSA) is 24.4 Å². The predicted octanol–water partition coefficient (Wildman–Crippen LogP) is 5.09. The second-order valence-corrected chi connectivity index (χ2v) is 5.90. The summed E-state index contributed by atoms with van der Waals surface area (Å²) in [6, 6.07) is 13.3. The molecule has 1 unspecified atom stereocenters. The van der Waals surface area contributed by atoms with E-state index in [1.54, 1.807) is 6.07 Å². The maximum Gasteiger partial charge on any atom is 0.0760 e. The molecular formula is C15H11Cl3N2. The normalized spacial score (nSPS) is 17.8. The van der Waals surface area contributed by atoms with Crippen LogP contribution < -0.4 is 5.43 Å². The number of hydrogen-bond donors (Lipinski definition) is 1. The fourth-order valence-electron chi connectivity index (χ4n) is 2.23. The van der Waals surface area contributed by atoms with Gasteiger partial charge in [-0.25, -0.2) is 0 Å². The van der Waals surface area contributed by atoms with Crippen LogP contribution in [-0.2, 0) is 0 Å². The van der Waals surface area contributed by atoms with Crippen LogP contribution in [0.1, 0.15) is 23.6 Å². The maximum absolute atomic E-state index is 6.23. The highest BCUT2D eigenvalue weighted by Gasteiger charge is 2.23. The van der Waals surface area contributed by atoms with E-state index in [0.29, 0.717) is 10.0 Å². The van der Waals surface area contributed by atoms with Crippen LogP contribution in [0, 0.1) is 0 Å². The molecule has 3 rings (SSSR count). The third-order valence-corrected chi connectivity index (χ3v) is 4.08. The van der Waals surface area contributed by atoms with Crippen molar-refractivity contribution in [1.29, 1.82) is 0 Å². The first-order valence-electron chi connectivity index (χ1n) is 6.16. The van der Waals surface area contributed by atoms with Gasteiger partial charge in [-0.1, -0.05) is 53.0 Å². The van der Waals surface area contributed by atoms with E-state index in [1.807, 2.05) is 36.4 Å². The van der Waals surface area contributed by atoms with Crippen LogP contribution in [0.15, 0.2) is 47.6 Å². The minimum absolute atomic E-state index is 0.0745. The highest BCUT2D eigenvalue weighted by molar-refractivity contribution is 6.35. The molecule has 20 heavy (non-hydrogen) atoms. The lowest BCUT2D eigenvalue weighted by molar-refractivity contribution is 0.620. The summed E-state index contributed by atoms with van der Waals surface area (Å²) in [4.78, 5) is 0. The molecule has 102 valence electrons. The monoisotopic (exact) mass is 324 g/mol. The van der Waals surface area contributed by atoms with E-state index in [9.17, 15) is 0 Å². The van der Waals surface area contributed by atoms with Gasteiger partial charge in [0.2, 0.25) is 0 Å². The van der Waals surface area contributed by atoms with Crippen molar-refractivity contribution < 1.29 is 0 Å². The first-order chi connectivity index (χ1) is 9.63. The fourth-order valence-corrected chi connectivity index (χ4v) is 2.89. The number of hydrogen-bond acceptors (Lipinski definition) is 2. The summed E-state index contributed by atoms with van der Waals surface area (Å²) in [6.07, 6.45) is 0.781. The largest absolute Gasteiger partial charge is 0.302 e. The van der Waals surface area contributed by atoms with Gasteiger partial charge in [-0.05, 0) is 35.4 Å². The van der Waals surface area contributed by atoms with Crippen molar-refractivity contribution in [3.63, 3.8) is 0 Å². The number of halogens is 3. The molecule has 2 nitrogen and oxygen atoms in total. The van der Waals surface area contributed by atoms with Crippen molar-refractivity contribution in [2.45, 2.75) is 12.5 Å². The van der Waals surface area contributed by atoms with Gasteiger partial charge in [0.05, 0.1) is 11.8 Å². The molecule has 2 aromatic rings. The quantitative estimate of drug-likeness (QED) is 0.817. The molecule has 1 atom stereocenters. The Labute approximate surface area is 132 Å². The summed E-state index contributed by atoms with van der Waals surface area (Å²) < 4.78 is 0. The van der Waals surface area contributed by atoms with E-state index < -0.39 is 0 Å². The molecule has 1 aliphatic rings. The van der Waals surface area contributed by atoms with Crippen LogP contribution in [-0.4, -0.2) is 5.71 Å².